The van der Waals surface area contributed by atoms with Crippen molar-refractivity contribution in [3.63, 3.8) is 0 Å². The highest BCUT2D eigenvalue weighted by molar-refractivity contribution is 7.20. The SMILES string of the molecule is C/C=C\C=C(/C)c1cc2nc(Cl)ccc2s1. The molecule has 2 aromatic heterocycles. The second-order valence-corrected chi connectivity index (χ2v) is 4.97. The van der Waals surface area contributed by atoms with Crippen LogP contribution in [0, 0.1) is 0 Å². The molecule has 0 aromatic carbocycles. The molecule has 0 radical (unpaired) electrons. The number of aromatic nitrogens is 1. The topological polar surface area (TPSA) is 12.9 Å². The van der Waals surface area contributed by atoms with E-state index in [2.05, 4.69) is 24.1 Å². The van der Waals surface area contributed by atoms with Crippen LogP contribution < -0.4 is 0 Å². The Kier molecular flexibility index (Phi) is 3.42. The third-order valence-corrected chi connectivity index (χ3v) is 3.70. The molecule has 1 nitrogen and oxygen atoms in total. The number of halogens is 1. The largest absolute Gasteiger partial charge is 0.235 e. The molecule has 2 rings (SSSR count). The van der Waals surface area contributed by atoms with Crippen LogP contribution >= 0.6 is 22.9 Å². The minimum Gasteiger partial charge on any atom is -0.235 e. The van der Waals surface area contributed by atoms with Crippen LogP contribution in [0.4, 0.5) is 0 Å². The fourth-order valence-corrected chi connectivity index (χ4v) is 2.55. The maximum atomic E-state index is 5.86. The van der Waals surface area contributed by atoms with Gasteiger partial charge in [0, 0.05) is 4.88 Å². The highest BCUT2D eigenvalue weighted by atomic mass is 35.5. The monoisotopic (exact) mass is 249 g/mol. The summed E-state index contributed by atoms with van der Waals surface area (Å²) in [5.41, 5.74) is 2.22. The summed E-state index contributed by atoms with van der Waals surface area (Å²) in [6.45, 7) is 4.11. The predicted octanol–water partition coefficient (Wildman–Crippen LogP) is 4.93. The molecule has 0 fully saturated rings. The van der Waals surface area contributed by atoms with E-state index in [0.717, 1.165) is 5.52 Å². The van der Waals surface area contributed by atoms with E-state index < -0.39 is 0 Å². The van der Waals surface area contributed by atoms with Gasteiger partial charge in [0.1, 0.15) is 5.15 Å². The Morgan fingerprint density at radius 1 is 1.44 bits per heavy atom. The highest BCUT2D eigenvalue weighted by Gasteiger charge is 2.04. The van der Waals surface area contributed by atoms with Gasteiger partial charge in [0.05, 0.1) is 10.2 Å². The number of nitrogens with zero attached hydrogens (tertiary/aromatic N) is 1. The number of pyridine rings is 1. The van der Waals surface area contributed by atoms with Gasteiger partial charge in [-0.05, 0) is 37.6 Å². The van der Waals surface area contributed by atoms with Crippen molar-refractivity contribution >= 4 is 38.7 Å². The fourth-order valence-electron chi connectivity index (χ4n) is 1.42. The number of fused-ring (bicyclic) bond motifs is 1. The van der Waals surface area contributed by atoms with E-state index >= 15 is 0 Å². The normalized spacial score (nSPS) is 12.8. The van der Waals surface area contributed by atoms with Gasteiger partial charge in [0.15, 0.2) is 0 Å². The fraction of sp³-hybridized carbons (Fsp3) is 0.154. The molecule has 0 unspecified atom stereocenters. The molecular formula is C13H12ClNS. The molecule has 0 bridgehead atoms. The molecule has 0 N–H and O–H groups in total. The van der Waals surface area contributed by atoms with Crippen molar-refractivity contribution in [3.8, 4) is 0 Å². The van der Waals surface area contributed by atoms with Crippen LogP contribution in [-0.2, 0) is 0 Å². The lowest BCUT2D eigenvalue weighted by Crippen LogP contribution is -1.72. The van der Waals surface area contributed by atoms with Gasteiger partial charge < -0.3 is 0 Å². The number of rotatable bonds is 2. The minimum atomic E-state index is 0.548. The lowest BCUT2D eigenvalue weighted by Gasteiger charge is -1.91. The molecule has 82 valence electrons. The highest BCUT2D eigenvalue weighted by Crippen LogP contribution is 2.30. The number of allylic oxidation sites excluding steroid dienone is 4. The van der Waals surface area contributed by atoms with Gasteiger partial charge in [-0.1, -0.05) is 29.8 Å². The zero-order valence-electron chi connectivity index (χ0n) is 9.20. The molecule has 0 aliphatic rings. The molecule has 0 aliphatic carbocycles. The first-order valence-corrected chi connectivity index (χ1v) is 6.26. The van der Waals surface area contributed by atoms with Crippen molar-refractivity contribution in [1.82, 2.24) is 4.98 Å². The summed E-state index contributed by atoms with van der Waals surface area (Å²) in [7, 11) is 0. The zero-order valence-corrected chi connectivity index (χ0v) is 10.8. The number of hydrogen-bond donors (Lipinski definition) is 0. The molecule has 2 aromatic rings. The van der Waals surface area contributed by atoms with Crippen LogP contribution in [0.25, 0.3) is 15.8 Å². The smallest absolute Gasteiger partial charge is 0.129 e. The molecular weight excluding hydrogens is 238 g/mol. The van der Waals surface area contributed by atoms with Crippen LogP contribution in [0.5, 0.6) is 0 Å². The Labute approximate surface area is 104 Å². The quantitative estimate of drug-likeness (QED) is 0.543. The first-order valence-electron chi connectivity index (χ1n) is 5.07. The number of hydrogen-bond acceptors (Lipinski definition) is 2. The maximum Gasteiger partial charge on any atom is 0.129 e. The van der Waals surface area contributed by atoms with Gasteiger partial charge in [0.2, 0.25) is 0 Å². The lowest BCUT2D eigenvalue weighted by molar-refractivity contribution is 1.42. The van der Waals surface area contributed by atoms with Crippen molar-refractivity contribution in [2.45, 2.75) is 13.8 Å². The van der Waals surface area contributed by atoms with Crippen molar-refractivity contribution in [2.75, 3.05) is 0 Å². The van der Waals surface area contributed by atoms with Crippen LogP contribution in [0.2, 0.25) is 5.15 Å². The van der Waals surface area contributed by atoms with E-state index in [9.17, 15) is 0 Å². The van der Waals surface area contributed by atoms with E-state index in [1.165, 1.54) is 15.2 Å². The molecule has 2 heterocycles. The first kappa shape index (κ1) is 11.4. The Morgan fingerprint density at radius 3 is 3.00 bits per heavy atom. The van der Waals surface area contributed by atoms with Crippen LogP contribution in [0.15, 0.2) is 36.4 Å². The van der Waals surface area contributed by atoms with Gasteiger partial charge in [-0.25, -0.2) is 4.98 Å². The molecule has 3 heteroatoms. The van der Waals surface area contributed by atoms with Crippen LogP contribution in [0.1, 0.15) is 18.7 Å². The molecule has 0 aliphatic heterocycles. The third kappa shape index (κ3) is 2.34. The Bertz CT molecular complexity index is 566. The molecule has 0 saturated heterocycles. The maximum absolute atomic E-state index is 5.86. The minimum absolute atomic E-state index is 0.548. The summed E-state index contributed by atoms with van der Waals surface area (Å²) in [4.78, 5) is 5.53. The summed E-state index contributed by atoms with van der Waals surface area (Å²) in [6, 6.07) is 5.93. The zero-order chi connectivity index (χ0) is 11.5. The summed E-state index contributed by atoms with van der Waals surface area (Å²) in [6.07, 6.45) is 6.17. The Hall–Kier alpha value is -1.12. The van der Waals surface area contributed by atoms with Crippen LogP contribution in [-0.4, -0.2) is 4.98 Å². The summed E-state index contributed by atoms with van der Waals surface area (Å²) < 4.78 is 1.17. The van der Waals surface area contributed by atoms with Crippen LogP contribution in [0.3, 0.4) is 0 Å². The average molecular weight is 250 g/mol. The Balaban J connectivity index is 2.47. The second kappa shape index (κ2) is 4.81. The molecule has 0 spiro atoms. The van der Waals surface area contributed by atoms with Gasteiger partial charge >= 0.3 is 0 Å². The van der Waals surface area contributed by atoms with E-state index in [1.54, 1.807) is 11.3 Å². The van der Waals surface area contributed by atoms with Gasteiger partial charge in [-0.15, -0.1) is 11.3 Å². The van der Waals surface area contributed by atoms with Gasteiger partial charge in [-0.2, -0.15) is 0 Å². The van der Waals surface area contributed by atoms with Crippen molar-refractivity contribution in [3.05, 3.63) is 46.5 Å². The van der Waals surface area contributed by atoms with E-state index in [0.29, 0.717) is 5.15 Å². The average Bonchev–Trinajstić information content (AvgIpc) is 2.68. The molecule has 0 atom stereocenters. The number of thiophene rings is 1. The van der Waals surface area contributed by atoms with Gasteiger partial charge in [0.25, 0.3) is 0 Å². The first-order chi connectivity index (χ1) is 7.70. The third-order valence-electron chi connectivity index (χ3n) is 2.27. The predicted molar refractivity (Wildman–Crippen MR) is 73.1 cm³/mol. The van der Waals surface area contributed by atoms with Gasteiger partial charge in [-0.3, -0.25) is 0 Å². The van der Waals surface area contributed by atoms with Crippen molar-refractivity contribution in [2.24, 2.45) is 0 Å². The van der Waals surface area contributed by atoms with Crippen molar-refractivity contribution < 1.29 is 0 Å². The molecule has 0 saturated carbocycles. The van der Waals surface area contributed by atoms with E-state index in [-0.39, 0.29) is 0 Å². The molecule has 0 amide bonds. The standard InChI is InChI=1S/C13H12ClNS/c1-3-4-5-9(2)12-8-10-11(16-12)6-7-13(14)15-10/h3-8H,1-2H3/b4-3-,9-5+. The summed E-state index contributed by atoms with van der Waals surface area (Å²) >= 11 is 7.60. The van der Waals surface area contributed by atoms with E-state index in [1.807, 2.05) is 31.2 Å². The Morgan fingerprint density at radius 2 is 2.25 bits per heavy atom. The second-order valence-electron chi connectivity index (χ2n) is 3.50. The lowest BCUT2D eigenvalue weighted by atomic mass is 10.2. The summed E-state index contributed by atoms with van der Waals surface area (Å²) in [5.74, 6) is 0. The van der Waals surface area contributed by atoms with E-state index in [4.69, 9.17) is 11.6 Å². The molecule has 16 heavy (non-hydrogen) atoms. The van der Waals surface area contributed by atoms with Crippen molar-refractivity contribution in [1.29, 1.82) is 0 Å². The summed E-state index contributed by atoms with van der Waals surface area (Å²) in [5, 5.41) is 0.548.